The quantitative estimate of drug-likeness (QED) is 0.854. The lowest BCUT2D eigenvalue weighted by Gasteiger charge is -2.13. The highest BCUT2D eigenvalue weighted by molar-refractivity contribution is 6.31. The topological polar surface area (TPSA) is 87.5 Å². The normalized spacial score (nSPS) is 13.7. The van der Waals surface area contributed by atoms with Crippen LogP contribution in [0.4, 0.5) is 10.5 Å². The van der Waals surface area contributed by atoms with Gasteiger partial charge in [0.2, 0.25) is 5.89 Å². The van der Waals surface area contributed by atoms with Gasteiger partial charge in [-0.15, -0.1) is 0 Å². The lowest BCUT2D eigenvalue weighted by Crippen LogP contribution is -2.29. The molecule has 0 radical (unpaired) electrons. The number of likely N-dealkylation sites (tertiary alicyclic amines) is 1. The van der Waals surface area contributed by atoms with Crippen molar-refractivity contribution in [2.75, 3.05) is 18.4 Å². The van der Waals surface area contributed by atoms with Gasteiger partial charge in [-0.25, -0.2) is 9.78 Å². The Morgan fingerprint density at radius 2 is 2.00 bits per heavy atom. The number of rotatable bonds is 4. The summed E-state index contributed by atoms with van der Waals surface area (Å²) in [6.45, 7) is 5.17. The van der Waals surface area contributed by atoms with Gasteiger partial charge in [-0.3, -0.25) is 4.79 Å². The van der Waals surface area contributed by atoms with Crippen molar-refractivity contribution < 1.29 is 14.0 Å². The molecule has 3 amide bonds. The largest absolute Gasteiger partial charge is 0.443 e. The first kappa shape index (κ1) is 18.3. The number of oxazole rings is 1. The smallest absolute Gasteiger partial charge is 0.319 e. The van der Waals surface area contributed by atoms with E-state index in [1.54, 1.807) is 24.0 Å². The lowest BCUT2D eigenvalue weighted by atomic mass is 10.2. The van der Waals surface area contributed by atoms with Crippen molar-refractivity contribution in [1.82, 2.24) is 15.2 Å². The number of hydrogen-bond donors (Lipinski definition) is 2. The molecule has 26 heavy (non-hydrogen) atoms. The van der Waals surface area contributed by atoms with Crippen LogP contribution in [-0.4, -0.2) is 34.9 Å². The van der Waals surface area contributed by atoms with Gasteiger partial charge >= 0.3 is 6.03 Å². The van der Waals surface area contributed by atoms with Crippen LogP contribution in [-0.2, 0) is 6.54 Å². The number of benzene rings is 1. The molecule has 0 bridgehead atoms. The lowest BCUT2D eigenvalue weighted by molar-refractivity contribution is 0.0786. The zero-order chi connectivity index (χ0) is 18.7. The van der Waals surface area contributed by atoms with Crippen LogP contribution in [0.5, 0.6) is 0 Å². The molecular formula is C18H21ClN4O3. The second-order valence-corrected chi connectivity index (χ2v) is 6.69. The Hall–Kier alpha value is -2.54. The highest BCUT2D eigenvalue weighted by Crippen LogP contribution is 2.20. The van der Waals surface area contributed by atoms with Crippen LogP contribution in [0.2, 0.25) is 5.02 Å². The van der Waals surface area contributed by atoms with Crippen molar-refractivity contribution in [3.63, 3.8) is 0 Å². The average Bonchev–Trinajstić information content (AvgIpc) is 3.25. The maximum absolute atomic E-state index is 12.4. The molecule has 0 spiro atoms. The summed E-state index contributed by atoms with van der Waals surface area (Å²) in [6.07, 6.45) is 2.03. The van der Waals surface area contributed by atoms with Gasteiger partial charge < -0.3 is 20.0 Å². The Bertz CT molecular complexity index is 828. The standard InChI is InChI=1S/C18H21ClN4O3/c1-11-5-6-13(9-14(11)19)21-18(25)20-10-15-22-16(12(2)26-15)17(24)23-7-3-4-8-23/h5-6,9H,3-4,7-8,10H2,1-2H3,(H2,20,21,25). The van der Waals surface area contributed by atoms with E-state index in [0.717, 1.165) is 31.5 Å². The van der Waals surface area contributed by atoms with Gasteiger partial charge in [-0.05, 0) is 44.4 Å². The minimum absolute atomic E-state index is 0.0829. The fraction of sp³-hybridized carbons (Fsp3) is 0.389. The number of nitrogens with one attached hydrogen (secondary N) is 2. The Labute approximate surface area is 156 Å². The molecule has 1 aliphatic heterocycles. The number of carbonyl (C=O) groups excluding carboxylic acids is 2. The molecule has 3 rings (SSSR count). The fourth-order valence-electron chi connectivity index (χ4n) is 2.80. The number of amides is 3. The van der Waals surface area contributed by atoms with E-state index in [-0.39, 0.29) is 12.5 Å². The first-order valence-corrected chi connectivity index (χ1v) is 8.88. The van der Waals surface area contributed by atoms with Crippen molar-refractivity contribution in [3.05, 3.63) is 46.1 Å². The fourth-order valence-corrected chi connectivity index (χ4v) is 2.98. The molecule has 0 atom stereocenters. The number of urea groups is 1. The molecule has 1 aliphatic rings. The summed E-state index contributed by atoms with van der Waals surface area (Å²) in [7, 11) is 0. The Balaban J connectivity index is 1.57. The summed E-state index contributed by atoms with van der Waals surface area (Å²) in [6, 6.07) is 4.86. The zero-order valence-corrected chi connectivity index (χ0v) is 15.5. The van der Waals surface area contributed by atoms with E-state index in [1.165, 1.54) is 0 Å². The van der Waals surface area contributed by atoms with E-state index >= 15 is 0 Å². The van der Waals surface area contributed by atoms with Gasteiger partial charge in [0.25, 0.3) is 5.91 Å². The molecule has 1 saturated heterocycles. The third kappa shape index (κ3) is 4.16. The van der Waals surface area contributed by atoms with Crippen molar-refractivity contribution in [3.8, 4) is 0 Å². The molecule has 0 unspecified atom stereocenters. The summed E-state index contributed by atoms with van der Waals surface area (Å²) in [5.41, 5.74) is 1.84. The predicted molar refractivity (Wildman–Crippen MR) is 98.4 cm³/mol. The van der Waals surface area contributed by atoms with E-state index in [4.69, 9.17) is 16.0 Å². The number of hydrogen-bond acceptors (Lipinski definition) is 4. The molecule has 0 aliphatic carbocycles. The van der Waals surface area contributed by atoms with Crippen LogP contribution in [0.25, 0.3) is 0 Å². The summed E-state index contributed by atoms with van der Waals surface area (Å²) < 4.78 is 5.51. The molecule has 0 saturated carbocycles. The summed E-state index contributed by atoms with van der Waals surface area (Å²) in [4.78, 5) is 30.4. The van der Waals surface area contributed by atoms with Gasteiger partial charge in [-0.2, -0.15) is 0 Å². The van der Waals surface area contributed by atoms with E-state index in [1.807, 2.05) is 13.0 Å². The number of aromatic nitrogens is 1. The van der Waals surface area contributed by atoms with Crippen LogP contribution in [0, 0.1) is 13.8 Å². The summed E-state index contributed by atoms with van der Waals surface area (Å²) >= 11 is 6.04. The molecule has 138 valence electrons. The van der Waals surface area contributed by atoms with Crippen LogP contribution in [0.3, 0.4) is 0 Å². The number of nitrogens with zero attached hydrogens (tertiary/aromatic N) is 2. The molecule has 2 aromatic rings. The summed E-state index contributed by atoms with van der Waals surface area (Å²) in [5, 5.41) is 5.93. The minimum atomic E-state index is -0.409. The Morgan fingerprint density at radius 3 is 2.69 bits per heavy atom. The first-order chi connectivity index (χ1) is 12.4. The van der Waals surface area contributed by atoms with E-state index in [2.05, 4.69) is 15.6 Å². The highest BCUT2D eigenvalue weighted by atomic mass is 35.5. The molecule has 1 fully saturated rings. The van der Waals surface area contributed by atoms with Crippen LogP contribution >= 0.6 is 11.6 Å². The predicted octanol–water partition coefficient (Wildman–Crippen LogP) is 3.50. The van der Waals surface area contributed by atoms with Gasteiger partial charge in [0, 0.05) is 23.8 Å². The summed E-state index contributed by atoms with van der Waals surface area (Å²) in [5.74, 6) is 0.639. The molecular weight excluding hydrogens is 356 g/mol. The third-order valence-corrected chi connectivity index (χ3v) is 4.67. The number of aryl methyl sites for hydroxylation is 2. The first-order valence-electron chi connectivity index (χ1n) is 8.50. The number of halogens is 1. The van der Waals surface area contributed by atoms with Gasteiger partial charge in [0.1, 0.15) is 5.76 Å². The maximum atomic E-state index is 12.4. The monoisotopic (exact) mass is 376 g/mol. The molecule has 7 nitrogen and oxygen atoms in total. The van der Waals surface area contributed by atoms with E-state index < -0.39 is 6.03 Å². The SMILES string of the molecule is Cc1ccc(NC(=O)NCc2nc(C(=O)N3CCCC3)c(C)o2)cc1Cl. The maximum Gasteiger partial charge on any atom is 0.319 e. The van der Waals surface area contributed by atoms with E-state index in [0.29, 0.717) is 28.1 Å². The van der Waals surface area contributed by atoms with Crippen molar-refractivity contribution in [1.29, 1.82) is 0 Å². The third-order valence-electron chi connectivity index (χ3n) is 4.27. The zero-order valence-electron chi connectivity index (χ0n) is 14.8. The van der Waals surface area contributed by atoms with Crippen molar-refractivity contribution in [2.24, 2.45) is 0 Å². The van der Waals surface area contributed by atoms with Gasteiger partial charge in [-0.1, -0.05) is 17.7 Å². The van der Waals surface area contributed by atoms with Gasteiger partial charge in [0.15, 0.2) is 5.69 Å². The molecule has 8 heteroatoms. The molecule has 1 aromatic carbocycles. The highest BCUT2D eigenvalue weighted by Gasteiger charge is 2.25. The minimum Gasteiger partial charge on any atom is -0.443 e. The second-order valence-electron chi connectivity index (χ2n) is 6.28. The average molecular weight is 377 g/mol. The molecule has 2 heterocycles. The van der Waals surface area contributed by atoms with Crippen molar-refractivity contribution >= 4 is 29.2 Å². The Kier molecular flexibility index (Phi) is 5.46. The van der Waals surface area contributed by atoms with Gasteiger partial charge in [0.05, 0.1) is 6.54 Å². The number of carbonyl (C=O) groups is 2. The van der Waals surface area contributed by atoms with Crippen molar-refractivity contribution in [2.45, 2.75) is 33.2 Å². The number of anilines is 1. The van der Waals surface area contributed by atoms with Crippen LogP contribution < -0.4 is 10.6 Å². The van der Waals surface area contributed by atoms with Crippen LogP contribution in [0.1, 0.15) is 40.5 Å². The van der Waals surface area contributed by atoms with Crippen LogP contribution in [0.15, 0.2) is 22.6 Å². The second kappa shape index (κ2) is 7.78. The Morgan fingerprint density at radius 1 is 1.27 bits per heavy atom. The van der Waals surface area contributed by atoms with E-state index in [9.17, 15) is 9.59 Å². The molecule has 2 N–H and O–H groups in total. The molecule has 1 aromatic heterocycles.